The number of aliphatic hydroxyl groups is 1. The molecule has 1 unspecified atom stereocenters. The van der Waals surface area contributed by atoms with Crippen molar-refractivity contribution >= 4 is 0 Å². The molecule has 0 spiro atoms. The number of para-hydroxylation sites is 1. The van der Waals surface area contributed by atoms with Crippen molar-refractivity contribution in [1.82, 2.24) is 4.90 Å². The molecule has 2 rings (SSSR count). The van der Waals surface area contributed by atoms with Crippen LogP contribution in [0.5, 0.6) is 5.75 Å². The molecule has 0 saturated carbocycles. The van der Waals surface area contributed by atoms with Gasteiger partial charge in [-0.05, 0) is 32.0 Å². The molecule has 1 aliphatic heterocycles. The van der Waals surface area contributed by atoms with Crippen LogP contribution >= 0.6 is 0 Å². The number of likely N-dealkylation sites (tertiary alicyclic amines) is 1. The summed E-state index contributed by atoms with van der Waals surface area (Å²) < 4.78 is 5.27. The molecule has 1 aromatic carbocycles. The fourth-order valence-corrected chi connectivity index (χ4v) is 2.42. The summed E-state index contributed by atoms with van der Waals surface area (Å²) in [5.74, 6) is 0.749. The number of nitrogens with zero attached hydrogens (tertiary/aromatic N) is 1. The van der Waals surface area contributed by atoms with Crippen LogP contribution < -0.4 is 10.5 Å². The minimum Gasteiger partial charge on any atom is -0.496 e. The molecule has 1 aromatic rings. The predicted molar refractivity (Wildman–Crippen MR) is 71.6 cm³/mol. The molecule has 1 atom stereocenters. The Morgan fingerprint density at radius 2 is 2.06 bits per heavy atom. The lowest BCUT2D eigenvalue weighted by Gasteiger charge is -2.31. The van der Waals surface area contributed by atoms with E-state index in [9.17, 15) is 5.11 Å². The van der Waals surface area contributed by atoms with Gasteiger partial charge in [0, 0.05) is 18.2 Å². The van der Waals surface area contributed by atoms with E-state index < -0.39 is 6.10 Å². The Morgan fingerprint density at radius 1 is 1.39 bits per heavy atom. The number of ether oxygens (including phenoxy) is 1. The smallest absolute Gasteiger partial charge is 0.124 e. The highest BCUT2D eigenvalue weighted by Gasteiger charge is 2.20. The van der Waals surface area contributed by atoms with Gasteiger partial charge in [0.2, 0.25) is 0 Å². The van der Waals surface area contributed by atoms with Crippen LogP contribution in [0.25, 0.3) is 0 Å². The number of aliphatic hydroxyl groups excluding tert-OH is 1. The Kier molecular flexibility index (Phi) is 4.58. The molecule has 1 aliphatic rings. The Labute approximate surface area is 108 Å². The first-order valence-electron chi connectivity index (χ1n) is 6.49. The van der Waals surface area contributed by atoms with Crippen LogP contribution in [-0.4, -0.2) is 42.8 Å². The monoisotopic (exact) mass is 250 g/mol. The topological polar surface area (TPSA) is 58.7 Å². The number of nitrogens with two attached hydrogens (primary N) is 1. The summed E-state index contributed by atoms with van der Waals surface area (Å²) in [6.07, 6.45) is 1.52. The molecule has 0 aliphatic carbocycles. The van der Waals surface area contributed by atoms with E-state index in [0.29, 0.717) is 12.6 Å². The number of methoxy groups -OCH3 is 1. The molecule has 1 fully saturated rings. The summed E-state index contributed by atoms with van der Waals surface area (Å²) >= 11 is 0. The zero-order valence-electron chi connectivity index (χ0n) is 10.9. The van der Waals surface area contributed by atoms with Crippen molar-refractivity contribution in [2.24, 2.45) is 5.73 Å². The summed E-state index contributed by atoms with van der Waals surface area (Å²) in [5, 5.41) is 10.3. The van der Waals surface area contributed by atoms with E-state index in [2.05, 4.69) is 4.90 Å². The molecule has 4 heteroatoms. The maximum absolute atomic E-state index is 10.3. The fraction of sp³-hybridized carbons (Fsp3) is 0.571. The van der Waals surface area contributed by atoms with Crippen molar-refractivity contribution < 1.29 is 9.84 Å². The molecule has 0 amide bonds. The molecule has 4 nitrogen and oxygen atoms in total. The van der Waals surface area contributed by atoms with Gasteiger partial charge in [-0.15, -0.1) is 0 Å². The molecule has 1 saturated heterocycles. The number of benzene rings is 1. The quantitative estimate of drug-likeness (QED) is 0.841. The first-order valence-corrected chi connectivity index (χ1v) is 6.49. The van der Waals surface area contributed by atoms with Crippen LogP contribution in [-0.2, 0) is 0 Å². The summed E-state index contributed by atoms with van der Waals surface area (Å²) in [4.78, 5) is 2.26. The Hall–Kier alpha value is -1.10. The van der Waals surface area contributed by atoms with Gasteiger partial charge >= 0.3 is 0 Å². The molecule has 0 bridgehead atoms. The highest BCUT2D eigenvalue weighted by atomic mass is 16.5. The molecule has 3 N–H and O–H groups in total. The van der Waals surface area contributed by atoms with E-state index in [-0.39, 0.29) is 0 Å². The maximum Gasteiger partial charge on any atom is 0.124 e. The van der Waals surface area contributed by atoms with Crippen LogP contribution in [0.15, 0.2) is 24.3 Å². The largest absolute Gasteiger partial charge is 0.496 e. The van der Waals surface area contributed by atoms with Gasteiger partial charge in [-0.25, -0.2) is 0 Å². The standard InChI is InChI=1S/C14H22N2O2/c1-18-14-5-3-2-4-12(14)13(17)10-16-8-6-11(15)7-9-16/h2-5,11,13,17H,6-10,15H2,1H3. The Morgan fingerprint density at radius 3 is 2.72 bits per heavy atom. The fourth-order valence-electron chi connectivity index (χ4n) is 2.42. The van der Waals surface area contributed by atoms with Crippen LogP contribution in [0.2, 0.25) is 0 Å². The molecule has 100 valence electrons. The lowest BCUT2D eigenvalue weighted by atomic mass is 10.0. The van der Waals surface area contributed by atoms with Crippen molar-refractivity contribution in [2.45, 2.75) is 25.0 Å². The lowest BCUT2D eigenvalue weighted by molar-refractivity contribution is 0.0958. The van der Waals surface area contributed by atoms with Crippen molar-refractivity contribution in [3.8, 4) is 5.75 Å². The second-order valence-electron chi connectivity index (χ2n) is 4.90. The third kappa shape index (κ3) is 3.22. The molecular formula is C14H22N2O2. The first-order chi connectivity index (χ1) is 8.70. The average molecular weight is 250 g/mol. The zero-order chi connectivity index (χ0) is 13.0. The Balaban J connectivity index is 1.96. The highest BCUT2D eigenvalue weighted by molar-refractivity contribution is 5.35. The molecule has 0 aromatic heterocycles. The van der Waals surface area contributed by atoms with Gasteiger partial charge in [0.25, 0.3) is 0 Å². The van der Waals surface area contributed by atoms with Crippen LogP contribution in [0, 0.1) is 0 Å². The van der Waals surface area contributed by atoms with Gasteiger partial charge in [0.1, 0.15) is 5.75 Å². The van der Waals surface area contributed by atoms with E-state index >= 15 is 0 Å². The summed E-state index contributed by atoms with van der Waals surface area (Å²) in [6, 6.07) is 7.95. The van der Waals surface area contributed by atoms with Crippen molar-refractivity contribution in [1.29, 1.82) is 0 Å². The zero-order valence-corrected chi connectivity index (χ0v) is 10.9. The van der Waals surface area contributed by atoms with Crippen molar-refractivity contribution in [2.75, 3.05) is 26.7 Å². The lowest BCUT2D eigenvalue weighted by Crippen LogP contribution is -2.41. The summed E-state index contributed by atoms with van der Waals surface area (Å²) in [7, 11) is 1.63. The third-order valence-electron chi connectivity index (χ3n) is 3.56. The normalized spacial score (nSPS) is 19.7. The molecule has 0 radical (unpaired) electrons. The maximum atomic E-state index is 10.3. The van der Waals surface area contributed by atoms with Crippen LogP contribution in [0.4, 0.5) is 0 Å². The average Bonchev–Trinajstić information content (AvgIpc) is 2.41. The predicted octanol–water partition coefficient (Wildman–Crippen LogP) is 1.15. The van der Waals surface area contributed by atoms with Gasteiger partial charge in [0.15, 0.2) is 0 Å². The summed E-state index contributed by atoms with van der Waals surface area (Å²) in [5.41, 5.74) is 6.73. The third-order valence-corrected chi connectivity index (χ3v) is 3.56. The molecular weight excluding hydrogens is 228 g/mol. The Bertz CT molecular complexity index is 376. The number of rotatable bonds is 4. The van der Waals surface area contributed by atoms with E-state index in [1.807, 2.05) is 24.3 Å². The van der Waals surface area contributed by atoms with Gasteiger partial charge in [0.05, 0.1) is 13.2 Å². The van der Waals surface area contributed by atoms with Crippen LogP contribution in [0.3, 0.4) is 0 Å². The minimum atomic E-state index is -0.504. The van der Waals surface area contributed by atoms with E-state index in [0.717, 1.165) is 37.2 Å². The van der Waals surface area contributed by atoms with E-state index in [1.165, 1.54) is 0 Å². The highest BCUT2D eigenvalue weighted by Crippen LogP contribution is 2.25. The summed E-state index contributed by atoms with van der Waals surface area (Å²) in [6.45, 7) is 2.58. The van der Waals surface area contributed by atoms with Crippen molar-refractivity contribution in [3.05, 3.63) is 29.8 Å². The SMILES string of the molecule is COc1ccccc1C(O)CN1CCC(N)CC1. The number of β-amino-alcohol motifs (C(OH)–C–C–N with tert-alkyl or cyclic N) is 1. The minimum absolute atomic E-state index is 0.324. The second kappa shape index (κ2) is 6.18. The van der Waals surface area contributed by atoms with Gasteiger partial charge < -0.3 is 20.5 Å². The van der Waals surface area contributed by atoms with Gasteiger partial charge in [-0.3, -0.25) is 0 Å². The van der Waals surface area contributed by atoms with Crippen molar-refractivity contribution in [3.63, 3.8) is 0 Å². The van der Waals surface area contributed by atoms with Gasteiger partial charge in [-0.2, -0.15) is 0 Å². The van der Waals surface area contributed by atoms with E-state index in [4.69, 9.17) is 10.5 Å². The molecule has 1 heterocycles. The van der Waals surface area contributed by atoms with Gasteiger partial charge in [-0.1, -0.05) is 18.2 Å². The van der Waals surface area contributed by atoms with E-state index in [1.54, 1.807) is 7.11 Å². The molecule has 18 heavy (non-hydrogen) atoms. The second-order valence-corrected chi connectivity index (χ2v) is 4.90. The number of piperidine rings is 1. The number of hydrogen-bond acceptors (Lipinski definition) is 4. The number of hydrogen-bond donors (Lipinski definition) is 2. The first kappa shape index (κ1) is 13.3. The van der Waals surface area contributed by atoms with Crippen LogP contribution in [0.1, 0.15) is 24.5 Å².